The molecule has 0 amide bonds. The van der Waals surface area contributed by atoms with Gasteiger partial charge in [-0.05, 0) is 30.2 Å². The Morgan fingerprint density at radius 2 is 1.61 bits per heavy atom. The van der Waals surface area contributed by atoms with E-state index in [1.165, 1.54) is 5.56 Å². The zero-order valence-corrected chi connectivity index (χ0v) is 18.4. The van der Waals surface area contributed by atoms with Gasteiger partial charge in [0.05, 0.1) is 13.2 Å². The number of carbonyl (C=O) groups excluding carboxylic acids is 1. The molecule has 0 unspecified atom stereocenters. The average molecular weight is 381 g/mol. The second kappa shape index (κ2) is 11.1. The molecule has 1 rings (SSSR count). The van der Waals surface area contributed by atoms with E-state index < -0.39 is 5.97 Å². The number of nitrogens with zero attached hydrogens (tertiary/aromatic N) is 2. The predicted octanol–water partition coefficient (Wildman–Crippen LogP) is 6.35. The molecule has 0 bridgehead atoms. The lowest BCUT2D eigenvalue weighted by atomic mass is 9.93. The second-order valence-corrected chi connectivity index (χ2v) is 8.63. The summed E-state index contributed by atoms with van der Waals surface area (Å²) in [5, 5.41) is 8.67. The Kier molecular flexibility index (Phi) is 9.97. The summed E-state index contributed by atoms with van der Waals surface area (Å²) < 4.78 is 4.71. The van der Waals surface area contributed by atoms with Crippen LogP contribution in [0, 0.1) is 35.7 Å². The van der Waals surface area contributed by atoms with Crippen LogP contribution in [-0.4, -0.2) is 12.6 Å². The number of rotatable bonds is 3. The highest BCUT2D eigenvalue weighted by atomic mass is 16.5. The van der Waals surface area contributed by atoms with Gasteiger partial charge >= 0.3 is 5.97 Å². The summed E-state index contributed by atoms with van der Waals surface area (Å²) in [7, 11) is 0. The number of esters is 1. The van der Waals surface area contributed by atoms with Gasteiger partial charge in [0.1, 0.15) is 11.6 Å². The maximum absolute atomic E-state index is 11.1. The van der Waals surface area contributed by atoms with Gasteiger partial charge in [-0.1, -0.05) is 83.5 Å². The molecule has 0 aliphatic carbocycles. The average Bonchev–Trinajstić information content (AvgIpc) is 2.57. The lowest BCUT2D eigenvalue weighted by Gasteiger charge is -2.13. The minimum atomic E-state index is -0.542. The van der Waals surface area contributed by atoms with Gasteiger partial charge in [0, 0.05) is 0 Å². The SMILES string of the molecule is CCOC(=O)/C(C#N)=C/C(C)(C)C.[C-]#[N+]/C(=C\C(C)(C)C)c1ccc(C)cc1. The van der Waals surface area contributed by atoms with Crippen molar-refractivity contribution in [3.63, 3.8) is 0 Å². The third kappa shape index (κ3) is 11.0. The monoisotopic (exact) mass is 380 g/mol. The smallest absolute Gasteiger partial charge is 0.348 e. The van der Waals surface area contributed by atoms with Crippen LogP contribution >= 0.6 is 0 Å². The fraction of sp³-hybridized carbons (Fsp3) is 0.458. The number of hydrogen-bond acceptors (Lipinski definition) is 3. The Balaban J connectivity index is 0.000000528. The fourth-order valence-corrected chi connectivity index (χ4v) is 2.09. The van der Waals surface area contributed by atoms with Crippen LogP contribution in [0.25, 0.3) is 10.5 Å². The first-order chi connectivity index (χ1) is 12.8. The molecule has 0 aromatic heterocycles. The maximum atomic E-state index is 11.1. The van der Waals surface area contributed by atoms with Gasteiger partial charge in [0.2, 0.25) is 0 Å². The van der Waals surface area contributed by atoms with Crippen LogP contribution in [0.15, 0.2) is 42.0 Å². The van der Waals surface area contributed by atoms with Gasteiger partial charge in [0.25, 0.3) is 0 Å². The number of ether oxygens (including phenoxy) is 1. The normalized spacial score (nSPS) is 12.2. The van der Waals surface area contributed by atoms with Crippen molar-refractivity contribution in [2.24, 2.45) is 10.8 Å². The third-order valence-corrected chi connectivity index (χ3v) is 3.23. The highest BCUT2D eigenvalue weighted by Gasteiger charge is 2.15. The standard InChI is InChI=1S/C14H17N.C10H15NO2/c1-11-6-8-12(9-7-11)13(15-5)10-14(2,3)4;1-5-13-9(12)8(7-11)6-10(2,3)4/h6-10H,1-4H3;6H,5H2,1-4H3/b13-10-;8-6+. The molecule has 1 aromatic carbocycles. The first-order valence-corrected chi connectivity index (χ1v) is 9.30. The van der Waals surface area contributed by atoms with E-state index in [2.05, 4.69) is 32.5 Å². The molecule has 0 spiro atoms. The molecule has 0 aliphatic rings. The molecule has 0 atom stereocenters. The summed E-state index contributed by atoms with van der Waals surface area (Å²) in [4.78, 5) is 14.7. The van der Waals surface area contributed by atoms with Gasteiger partial charge in [0.15, 0.2) is 5.70 Å². The molecule has 0 N–H and O–H groups in total. The minimum Gasteiger partial charge on any atom is -0.462 e. The molecule has 150 valence electrons. The summed E-state index contributed by atoms with van der Waals surface area (Å²) >= 11 is 0. The van der Waals surface area contributed by atoms with Crippen molar-refractivity contribution < 1.29 is 9.53 Å². The number of hydrogen-bond donors (Lipinski definition) is 0. The number of allylic oxidation sites excluding steroid dienone is 2. The van der Waals surface area contributed by atoms with Gasteiger partial charge in [-0.25, -0.2) is 9.64 Å². The van der Waals surface area contributed by atoms with E-state index >= 15 is 0 Å². The van der Waals surface area contributed by atoms with Crippen LogP contribution in [0.3, 0.4) is 0 Å². The van der Waals surface area contributed by atoms with E-state index in [0.29, 0.717) is 6.61 Å². The zero-order chi connectivity index (χ0) is 22.0. The van der Waals surface area contributed by atoms with Crippen molar-refractivity contribution in [2.75, 3.05) is 6.61 Å². The number of aryl methyl sites for hydroxylation is 1. The molecule has 28 heavy (non-hydrogen) atoms. The highest BCUT2D eigenvalue weighted by molar-refractivity contribution is 5.92. The van der Waals surface area contributed by atoms with Gasteiger partial charge in [-0.2, -0.15) is 5.26 Å². The molecule has 1 aromatic rings. The van der Waals surface area contributed by atoms with Crippen molar-refractivity contribution in [1.29, 1.82) is 5.26 Å². The Morgan fingerprint density at radius 1 is 1.11 bits per heavy atom. The molecule has 4 heteroatoms. The number of nitriles is 1. The predicted molar refractivity (Wildman–Crippen MR) is 115 cm³/mol. The van der Waals surface area contributed by atoms with Crippen LogP contribution in [0.4, 0.5) is 0 Å². The van der Waals surface area contributed by atoms with Crippen LogP contribution in [0.2, 0.25) is 0 Å². The Morgan fingerprint density at radius 3 is 1.96 bits per heavy atom. The van der Waals surface area contributed by atoms with Crippen LogP contribution in [0.1, 0.15) is 59.6 Å². The zero-order valence-electron chi connectivity index (χ0n) is 18.4. The van der Waals surface area contributed by atoms with E-state index in [9.17, 15) is 4.79 Å². The fourth-order valence-electron chi connectivity index (χ4n) is 2.09. The van der Waals surface area contributed by atoms with E-state index in [-0.39, 0.29) is 16.4 Å². The topological polar surface area (TPSA) is 54.5 Å². The molecular formula is C24H32N2O2. The largest absolute Gasteiger partial charge is 0.462 e. The van der Waals surface area contributed by atoms with Crippen LogP contribution in [0.5, 0.6) is 0 Å². The summed E-state index contributed by atoms with van der Waals surface area (Å²) in [6, 6.07) is 9.92. The Bertz CT molecular complexity index is 787. The van der Waals surface area contributed by atoms with E-state index in [1.54, 1.807) is 13.0 Å². The third-order valence-electron chi connectivity index (χ3n) is 3.23. The molecular weight excluding hydrogens is 348 g/mol. The van der Waals surface area contributed by atoms with Gasteiger partial charge in [-0.15, -0.1) is 0 Å². The summed E-state index contributed by atoms with van der Waals surface area (Å²) in [6.07, 6.45) is 3.63. The molecule has 0 radical (unpaired) electrons. The van der Waals surface area contributed by atoms with Crippen molar-refractivity contribution in [2.45, 2.75) is 55.4 Å². The van der Waals surface area contributed by atoms with Gasteiger partial charge in [-0.3, -0.25) is 0 Å². The van der Waals surface area contributed by atoms with Gasteiger partial charge < -0.3 is 4.74 Å². The van der Waals surface area contributed by atoms with Crippen molar-refractivity contribution >= 4 is 11.7 Å². The first-order valence-electron chi connectivity index (χ1n) is 9.30. The lowest BCUT2D eigenvalue weighted by Crippen LogP contribution is -2.10. The summed E-state index contributed by atoms with van der Waals surface area (Å²) in [5.74, 6) is -0.542. The van der Waals surface area contributed by atoms with E-state index in [4.69, 9.17) is 16.6 Å². The Hall–Kier alpha value is -2.85. The second-order valence-electron chi connectivity index (χ2n) is 8.63. The molecule has 0 heterocycles. The molecule has 0 saturated carbocycles. The van der Waals surface area contributed by atoms with E-state index in [1.807, 2.05) is 57.2 Å². The Labute approximate surface area is 170 Å². The summed E-state index contributed by atoms with van der Waals surface area (Å²) in [6.45, 7) is 23.3. The molecule has 4 nitrogen and oxygen atoms in total. The van der Waals surface area contributed by atoms with E-state index in [0.717, 1.165) is 11.3 Å². The van der Waals surface area contributed by atoms with Crippen LogP contribution < -0.4 is 0 Å². The minimum absolute atomic E-state index is 0.0464. The lowest BCUT2D eigenvalue weighted by molar-refractivity contribution is -0.138. The van der Waals surface area contributed by atoms with Crippen molar-refractivity contribution in [3.8, 4) is 6.07 Å². The quantitative estimate of drug-likeness (QED) is 0.266. The summed E-state index contributed by atoms with van der Waals surface area (Å²) in [5.41, 5.74) is 2.91. The van der Waals surface area contributed by atoms with Crippen LogP contribution in [-0.2, 0) is 9.53 Å². The highest BCUT2D eigenvalue weighted by Crippen LogP contribution is 2.24. The molecule has 0 aliphatic heterocycles. The number of benzene rings is 1. The number of carbonyl (C=O) groups is 1. The van der Waals surface area contributed by atoms with Crippen molar-refractivity contribution in [3.05, 3.63) is 64.5 Å². The molecule has 0 saturated heterocycles. The van der Waals surface area contributed by atoms with Crippen molar-refractivity contribution in [1.82, 2.24) is 0 Å². The maximum Gasteiger partial charge on any atom is 0.348 e. The first kappa shape index (κ1) is 25.2. The molecule has 0 fully saturated rings.